The first-order chi connectivity index (χ1) is 18.5. The number of fused-ring (bicyclic) bond motifs is 2. The van der Waals surface area contributed by atoms with E-state index in [0.717, 1.165) is 10.9 Å². The molecule has 6 rings (SSSR count). The molecule has 0 saturated heterocycles. The zero-order valence-electron chi connectivity index (χ0n) is 20.4. The van der Waals surface area contributed by atoms with E-state index in [4.69, 9.17) is 10.8 Å². The Morgan fingerprint density at radius 3 is 2.74 bits per heavy atom. The smallest absolute Gasteiger partial charge is 0.263 e. The Hall–Kier alpha value is -4.90. The molecule has 0 fully saturated rings. The third kappa shape index (κ3) is 3.80. The molecule has 10 nitrogen and oxygen atoms in total. The topological polar surface area (TPSA) is 130 Å². The molecule has 3 N–H and O–H groups in total. The molecule has 0 aliphatic heterocycles. The van der Waals surface area contributed by atoms with Gasteiger partial charge in [-0.05, 0) is 36.1 Å². The number of aliphatic hydroxyl groups is 1. The van der Waals surface area contributed by atoms with Crippen LogP contribution < -0.4 is 11.3 Å². The number of aryl methyl sites for hydroxylation is 1. The van der Waals surface area contributed by atoms with Crippen molar-refractivity contribution in [2.45, 2.75) is 20.0 Å². The summed E-state index contributed by atoms with van der Waals surface area (Å²) in [7, 11) is 0. The van der Waals surface area contributed by atoms with Crippen molar-refractivity contribution in [1.82, 2.24) is 34.1 Å². The number of rotatable bonds is 6. The first-order valence-electron chi connectivity index (χ1n) is 12.0. The van der Waals surface area contributed by atoms with Crippen LogP contribution in [0, 0.1) is 12.7 Å². The molecule has 0 unspecified atom stereocenters. The van der Waals surface area contributed by atoms with Crippen molar-refractivity contribution in [3.05, 3.63) is 94.7 Å². The van der Waals surface area contributed by atoms with Crippen LogP contribution in [0.25, 0.3) is 38.8 Å². The van der Waals surface area contributed by atoms with Crippen molar-refractivity contribution < 1.29 is 9.50 Å². The van der Waals surface area contributed by atoms with E-state index in [1.54, 1.807) is 40.0 Å². The van der Waals surface area contributed by atoms with Crippen LogP contribution in [0.4, 0.5) is 10.2 Å². The van der Waals surface area contributed by atoms with Gasteiger partial charge in [-0.2, -0.15) is 10.2 Å². The largest absolute Gasteiger partial charge is 0.394 e. The van der Waals surface area contributed by atoms with Gasteiger partial charge in [-0.1, -0.05) is 30.3 Å². The van der Waals surface area contributed by atoms with E-state index in [0.29, 0.717) is 39.9 Å². The molecule has 0 radical (unpaired) electrons. The van der Waals surface area contributed by atoms with E-state index in [9.17, 15) is 9.90 Å². The van der Waals surface area contributed by atoms with Gasteiger partial charge >= 0.3 is 0 Å². The maximum Gasteiger partial charge on any atom is 0.263 e. The van der Waals surface area contributed by atoms with Gasteiger partial charge in [0, 0.05) is 17.5 Å². The maximum absolute atomic E-state index is 15.0. The number of aliphatic hydroxyl groups excluding tert-OH is 1. The Labute approximate surface area is 215 Å². The first kappa shape index (κ1) is 23.5. The summed E-state index contributed by atoms with van der Waals surface area (Å²) in [5.41, 5.74) is 9.03. The Morgan fingerprint density at radius 1 is 1.08 bits per heavy atom. The molecule has 0 amide bonds. The standard InChI is InChI=1S/C27H23FN8O2/c1-16-5-4-6-17-11-19(36(27(38)22(16)17)21-8-3-2-7-20(21)28)14-35-26-23(25(29)30-15-31-26)24(33-35)18-12-32-34(13-18)9-10-37/h2-8,11-13,15,37H,9-10,14H2,1H3,(H2,29,30,31). The highest BCUT2D eigenvalue weighted by molar-refractivity contribution is 5.98. The van der Waals surface area contributed by atoms with Crippen LogP contribution >= 0.6 is 0 Å². The van der Waals surface area contributed by atoms with Gasteiger partial charge in [0.2, 0.25) is 0 Å². The SMILES string of the molecule is Cc1cccc2cc(Cn3nc(-c4cnn(CCO)c4)c4c(N)ncnc43)n(-c3ccccc3F)c(=O)c12. The van der Waals surface area contributed by atoms with E-state index in [1.807, 2.05) is 31.2 Å². The van der Waals surface area contributed by atoms with Gasteiger partial charge in [-0.25, -0.2) is 19.0 Å². The summed E-state index contributed by atoms with van der Waals surface area (Å²) < 4.78 is 19.6. The molecule has 0 spiro atoms. The van der Waals surface area contributed by atoms with Crippen LogP contribution in [0.3, 0.4) is 0 Å². The lowest BCUT2D eigenvalue weighted by atomic mass is 10.1. The van der Waals surface area contributed by atoms with Gasteiger partial charge in [0.05, 0.1) is 42.4 Å². The fourth-order valence-electron chi connectivity index (χ4n) is 4.81. The second-order valence-corrected chi connectivity index (χ2v) is 8.95. The predicted molar refractivity (Wildman–Crippen MR) is 141 cm³/mol. The number of hydrogen-bond donors (Lipinski definition) is 2. The van der Waals surface area contributed by atoms with Crippen LogP contribution in [0.15, 0.2) is 72.0 Å². The molecule has 0 aliphatic rings. The highest BCUT2D eigenvalue weighted by Gasteiger charge is 2.21. The van der Waals surface area contributed by atoms with Gasteiger partial charge in [0.15, 0.2) is 5.65 Å². The van der Waals surface area contributed by atoms with E-state index >= 15 is 4.39 Å². The fourth-order valence-corrected chi connectivity index (χ4v) is 4.81. The van der Waals surface area contributed by atoms with Gasteiger partial charge in [-0.3, -0.25) is 14.0 Å². The Bertz CT molecular complexity index is 1890. The Balaban J connectivity index is 1.59. The van der Waals surface area contributed by atoms with Crippen molar-refractivity contribution in [3.8, 4) is 16.9 Å². The minimum Gasteiger partial charge on any atom is -0.394 e. The molecule has 4 heterocycles. The number of nitrogens with zero attached hydrogens (tertiary/aromatic N) is 7. The van der Waals surface area contributed by atoms with Crippen molar-refractivity contribution in [1.29, 1.82) is 0 Å². The van der Waals surface area contributed by atoms with Crippen LogP contribution in [-0.4, -0.2) is 45.8 Å². The zero-order valence-corrected chi connectivity index (χ0v) is 20.4. The minimum absolute atomic E-state index is 0.0590. The Morgan fingerprint density at radius 2 is 1.92 bits per heavy atom. The summed E-state index contributed by atoms with van der Waals surface area (Å²) >= 11 is 0. The summed E-state index contributed by atoms with van der Waals surface area (Å²) in [5.74, 6) is -0.274. The lowest BCUT2D eigenvalue weighted by molar-refractivity contribution is 0.269. The molecule has 0 atom stereocenters. The van der Waals surface area contributed by atoms with E-state index in [1.165, 1.54) is 17.0 Å². The molecule has 190 valence electrons. The molecule has 11 heteroatoms. The van der Waals surface area contributed by atoms with Crippen molar-refractivity contribution in [3.63, 3.8) is 0 Å². The van der Waals surface area contributed by atoms with Gasteiger partial charge in [-0.15, -0.1) is 0 Å². The number of hydrogen-bond acceptors (Lipinski definition) is 7. The van der Waals surface area contributed by atoms with E-state index in [-0.39, 0.29) is 30.2 Å². The van der Waals surface area contributed by atoms with Crippen LogP contribution in [-0.2, 0) is 13.1 Å². The number of benzene rings is 2. The molecule has 0 aliphatic carbocycles. The normalized spacial score (nSPS) is 11.6. The van der Waals surface area contributed by atoms with Gasteiger partial charge < -0.3 is 10.8 Å². The number of para-hydroxylation sites is 1. The highest BCUT2D eigenvalue weighted by atomic mass is 19.1. The quantitative estimate of drug-likeness (QED) is 0.352. The Kier molecular flexibility index (Phi) is 5.69. The number of pyridine rings is 1. The number of halogens is 1. The second-order valence-electron chi connectivity index (χ2n) is 8.95. The molecule has 38 heavy (non-hydrogen) atoms. The van der Waals surface area contributed by atoms with Gasteiger partial charge in [0.25, 0.3) is 5.56 Å². The molecule has 2 aromatic carbocycles. The molecule has 0 saturated carbocycles. The number of aromatic nitrogens is 7. The molecule has 4 aromatic heterocycles. The third-order valence-corrected chi connectivity index (χ3v) is 6.53. The second kappa shape index (κ2) is 9.20. The minimum atomic E-state index is -0.516. The predicted octanol–water partition coefficient (Wildman–Crippen LogP) is 3.06. The molecular formula is C27H23FN8O2. The fraction of sp³-hybridized carbons (Fsp3) is 0.148. The molecular weight excluding hydrogens is 487 g/mol. The van der Waals surface area contributed by atoms with Crippen LogP contribution in [0.1, 0.15) is 11.3 Å². The lowest BCUT2D eigenvalue weighted by Crippen LogP contribution is -2.25. The molecule has 6 aromatic rings. The van der Waals surface area contributed by atoms with Crippen LogP contribution in [0.2, 0.25) is 0 Å². The van der Waals surface area contributed by atoms with Crippen molar-refractivity contribution in [2.75, 3.05) is 12.3 Å². The van der Waals surface area contributed by atoms with E-state index in [2.05, 4.69) is 15.1 Å². The van der Waals surface area contributed by atoms with Crippen molar-refractivity contribution >= 4 is 27.6 Å². The number of anilines is 1. The number of nitrogens with two attached hydrogens (primary N) is 1. The summed E-state index contributed by atoms with van der Waals surface area (Å²) in [6, 6.07) is 13.6. The lowest BCUT2D eigenvalue weighted by Gasteiger charge is -2.16. The average Bonchev–Trinajstić information content (AvgIpc) is 3.51. The number of nitrogen functional groups attached to an aromatic ring is 1. The summed E-state index contributed by atoms with van der Waals surface area (Å²) in [4.78, 5) is 22.4. The van der Waals surface area contributed by atoms with E-state index < -0.39 is 5.82 Å². The van der Waals surface area contributed by atoms with Gasteiger partial charge in [0.1, 0.15) is 23.7 Å². The maximum atomic E-state index is 15.0. The highest BCUT2D eigenvalue weighted by Crippen LogP contribution is 2.31. The monoisotopic (exact) mass is 510 g/mol. The van der Waals surface area contributed by atoms with Crippen LogP contribution in [0.5, 0.6) is 0 Å². The summed E-state index contributed by atoms with van der Waals surface area (Å²) in [6.07, 6.45) is 4.73. The zero-order chi connectivity index (χ0) is 26.4. The first-order valence-corrected chi connectivity index (χ1v) is 12.0. The van der Waals surface area contributed by atoms with Crippen molar-refractivity contribution in [2.24, 2.45) is 0 Å². The summed E-state index contributed by atoms with van der Waals surface area (Å²) in [6.45, 7) is 2.23. The average molecular weight is 511 g/mol. The summed E-state index contributed by atoms with van der Waals surface area (Å²) in [5, 5.41) is 20.1. The molecule has 0 bridgehead atoms. The third-order valence-electron chi connectivity index (χ3n) is 6.53.